The summed E-state index contributed by atoms with van der Waals surface area (Å²) in [5.41, 5.74) is 11.8. The van der Waals surface area contributed by atoms with Gasteiger partial charge in [-0.05, 0) is 25.0 Å². The number of rotatable bonds is 2. The number of pyridine rings is 1. The zero-order valence-electron chi connectivity index (χ0n) is 10.5. The van der Waals surface area contributed by atoms with Gasteiger partial charge < -0.3 is 21.7 Å². The number of nitrogens with two attached hydrogens (primary N) is 2. The van der Waals surface area contributed by atoms with Crippen molar-refractivity contribution in [3.8, 4) is 0 Å². The molecular formula is C12H19N5O. The Balaban J connectivity index is 2.13. The van der Waals surface area contributed by atoms with Crippen molar-refractivity contribution in [2.75, 3.05) is 36.5 Å². The molecule has 1 aliphatic rings. The molecule has 2 rings (SSSR count). The van der Waals surface area contributed by atoms with Crippen LogP contribution in [0.3, 0.4) is 0 Å². The molecule has 1 amide bonds. The Labute approximate surface area is 106 Å². The number of nitrogens with zero attached hydrogens (tertiary/aromatic N) is 2. The second-order valence-electron chi connectivity index (χ2n) is 4.54. The molecule has 1 aliphatic heterocycles. The number of hydrogen-bond acceptors (Lipinski definition) is 5. The minimum Gasteiger partial charge on any atom is -0.396 e. The number of piperidine rings is 1. The zero-order chi connectivity index (χ0) is 13.1. The van der Waals surface area contributed by atoms with Crippen LogP contribution in [-0.2, 0) is 4.79 Å². The molecule has 0 spiro atoms. The molecule has 1 aromatic rings. The van der Waals surface area contributed by atoms with Gasteiger partial charge in [0.05, 0.1) is 11.6 Å². The Morgan fingerprint density at radius 1 is 1.50 bits per heavy atom. The van der Waals surface area contributed by atoms with Gasteiger partial charge in [-0.1, -0.05) is 0 Å². The van der Waals surface area contributed by atoms with E-state index in [9.17, 15) is 4.79 Å². The Bertz CT molecular complexity index is 448. The molecule has 0 aromatic carbocycles. The second-order valence-corrected chi connectivity index (χ2v) is 4.54. The Hall–Kier alpha value is -1.98. The molecule has 0 aliphatic carbocycles. The highest BCUT2D eigenvalue weighted by atomic mass is 16.1. The van der Waals surface area contributed by atoms with Crippen molar-refractivity contribution in [3.05, 3.63) is 12.1 Å². The average molecular weight is 249 g/mol. The molecule has 1 fully saturated rings. The molecule has 1 atom stereocenters. The summed E-state index contributed by atoms with van der Waals surface area (Å²) in [6.45, 7) is 1.57. The largest absolute Gasteiger partial charge is 0.396 e. The van der Waals surface area contributed by atoms with E-state index in [0.29, 0.717) is 18.1 Å². The quantitative estimate of drug-likeness (QED) is 0.696. The molecule has 6 nitrogen and oxygen atoms in total. The topological polar surface area (TPSA) is 97.3 Å². The number of aromatic nitrogens is 1. The normalized spacial score (nSPS) is 19.6. The van der Waals surface area contributed by atoms with Gasteiger partial charge in [0.1, 0.15) is 11.6 Å². The Morgan fingerprint density at radius 3 is 2.94 bits per heavy atom. The maximum atomic E-state index is 11.7. The summed E-state index contributed by atoms with van der Waals surface area (Å²) in [4.78, 5) is 18.0. The smallest absolute Gasteiger partial charge is 0.224 e. The van der Waals surface area contributed by atoms with Crippen LogP contribution in [0.5, 0.6) is 0 Å². The molecule has 1 aromatic heterocycles. The summed E-state index contributed by atoms with van der Waals surface area (Å²) in [6, 6.07) is 3.60. The van der Waals surface area contributed by atoms with Crippen molar-refractivity contribution in [1.82, 2.24) is 10.3 Å². The number of carbonyl (C=O) groups excluding carboxylic acids is 1. The van der Waals surface area contributed by atoms with Crippen molar-refractivity contribution in [2.45, 2.75) is 12.8 Å². The predicted octanol–water partition coefficient (Wildman–Crippen LogP) is 0.208. The van der Waals surface area contributed by atoms with Gasteiger partial charge in [-0.3, -0.25) is 4.79 Å². The summed E-state index contributed by atoms with van der Waals surface area (Å²) in [5, 5.41) is 2.70. The lowest BCUT2D eigenvalue weighted by molar-refractivity contribution is -0.124. The van der Waals surface area contributed by atoms with E-state index in [1.807, 2.05) is 6.07 Å². The first kappa shape index (κ1) is 12.5. The van der Waals surface area contributed by atoms with E-state index >= 15 is 0 Å². The van der Waals surface area contributed by atoms with Gasteiger partial charge in [0, 0.05) is 20.1 Å². The lowest BCUT2D eigenvalue weighted by Crippen LogP contribution is -2.42. The first-order valence-electron chi connectivity index (χ1n) is 6.10. The minimum atomic E-state index is 0.0179. The van der Waals surface area contributed by atoms with Crippen LogP contribution in [0.25, 0.3) is 0 Å². The van der Waals surface area contributed by atoms with E-state index in [-0.39, 0.29) is 11.8 Å². The standard InChI is InChI=1S/C12H19N5O/c1-15-12(18)8-3-2-6-17(7-8)10-5-4-9(13)11(14)16-10/h4-5,8H,2-3,6-7,13H2,1H3,(H2,14,16)(H,15,18). The summed E-state index contributed by atoms with van der Waals surface area (Å²) in [7, 11) is 1.67. The molecule has 1 saturated heterocycles. The predicted molar refractivity (Wildman–Crippen MR) is 72.1 cm³/mol. The molecule has 18 heavy (non-hydrogen) atoms. The van der Waals surface area contributed by atoms with Crippen LogP contribution in [0.2, 0.25) is 0 Å². The molecule has 2 heterocycles. The van der Waals surface area contributed by atoms with Crippen LogP contribution in [0.1, 0.15) is 12.8 Å². The van der Waals surface area contributed by atoms with Crippen LogP contribution in [0.4, 0.5) is 17.3 Å². The summed E-state index contributed by atoms with van der Waals surface area (Å²) >= 11 is 0. The Morgan fingerprint density at radius 2 is 2.28 bits per heavy atom. The number of nitrogen functional groups attached to an aromatic ring is 2. The molecule has 98 valence electrons. The van der Waals surface area contributed by atoms with Gasteiger partial charge in [-0.25, -0.2) is 4.98 Å². The highest BCUT2D eigenvalue weighted by Crippen LogP contribution is 2.24. The lowest BCUT2D eigenvalue weighted by atomic mass is 9.97. The fourth-order valence-electron chi connectivity index (χ4n) is 2.25. The highest BCUT2D eigenvalue weighted by Gasteiger charge is 2.25. The Kier molecular flexibility index (Phi) is 3.55. The third kappa shape index (κ3) is 2.47. The van der Waals surface area contributed by atoms with Crippen molar-refractivity contribution in [1.29, 1.82) is 0 Å². The summed E-state index contributed by atoms with van der Waals surface area (Å²) < 4.78 is 0. The van der Waals surface area contributed by atoms with Crippen molar-refractivity contribution in [3.63, 3.8) is 0 Å². The molecular weight excluding hydrogens is 230 g/mol. The zero-order valence-corrected chi connectivity index (χ0v) is 10.5. The third-order valence-electron chi connectivity index (χ3n) is 3.31. The molecule has 5 N–H and O–H groups in total. The highest BCUT2D eigenvalue weighted by molar-refractivity contribution is 5.79. The number of amides is 1. The minimum absolute atomic E-state index is 0.0179. The van der Waals surface area contributed by atoms with Gasteiger partial charge in [-0.2, -0.15) is 0 Å². The SMILES string of the molecule is CNC(=O)C1CCCN(c2ccc(N)c(N)n2)C1. The van der Waals surface area contributed by atoms with E-state index in [2.05, 4.69) is 15.2 Å². The first-order valence-corrected chi connectivity index (χ1v) is 6.10. The van der Waals surface area contributed by atoms with E-state index < -0.39 is 0 Å². The first-order chi connectivity index (χ1) is 8.61. The number of anilines is 3. The summed E-state index contributed by atoms with van der Waals surface area (Å²) in [5.74, 6) is 1.23. The van der Waals surface area contributed by atoms with Gasteiger partial charge in [-0.15, -0.1) is 0 Å². The van der Waals surface area contributed by atoms with Crippen LogP contribution in [0.15, 0.2) is 12.1 Å². The van der Waals surface area contributed by atoms with Crippen LogP contribution < -0.4 is 21.7 Å². The molecule has 0 bridgehead atoms. The molecule has 6 heteroatoms. The van der Waals surface area contributed by atoms with Crippen molar-refractivity contribution in [2.24, 2.45) is 5.92 Å². The van der Waals surface area contributed by atoms with E-state index in [1.54, 1.807) is 13.1 Å². The van der Waals surface area contributed by atoms with Crippen LogP contribution >= 0.6 is 0 Å². The number of nitrogens with one attached hydrogen (secondary N) is 1. The van der Waals surface area contributed by atoms with Crippen LogP contribution in [0, 0.1) is 5.92 Å². The lowest BCUT2D eigenvalue weighted by Gasteiger charge is -2.32. The maximum absolute atomic E-state index is 11.7. The van der Waals surface area contributed by atoms with E-state index in [1.165, 1.54) is 0 Å². The van der Waals surface area contributed by atoms with E-state index in [4.69, 9.17) is 11.5 Å². The van der Waals surface area contributed by atoms with Crippen molar-refractivity contribution < 1.29 is 4.79 Å². The van der Waals surface area contributed by atoms with Gasteiger partial charge in [0.2, 0.25) is 5.91 Å². The number of carbonyl (C=O) groups is 1. The monoisotopic (exact) mass is 249 g/mol. The maximum Gasteiger partial charge on any atom is 0.224 e. The fourth-order valence-corrected chi connectivity index (χ4v) is 2.25. The van der Waals surface area contributed by atoms with Gasteiger partial charge >= 0.3 is 0 Å². The average Bonchev–Trinajstić information content (AvgIpc) is 2.41. The fraction of sp³-hybridized carbons (Fsp3) is 0.500. The van der Waals surface area contributed by atoms with Crippen LogP contribution in [-0.4, -0.2) is 31.0 Å². The molecule has 0 saturated carbocycles. The molecule has 0 radical (unpaired) electrons. The van der Waals surface area contributed by atoms with E-state index in [0.717, 1.165) is 25.2 Å². The third-order valence-corrected chi connectivity index (χ3v) is 3.31. The second kappa shape index (κ2) is 5.12. The van der Waals surface area contributed by atoms with Crippen molar-refractivity contribution >= 4 is 23.2 Å². The molecule has 1 unspecified atom stereocenters. The summed E-state index contributed by atoms with van der Waals surface area (Å²) in [6.07, 6.45) is 1.89. The van der Waals surface area contributed by atoms with Gasteiger partial charge in [0.25, 0.3) is 0 Å². The van der Waals surface area contributed by atoms with Gasteiger partial charge in [0.15, 0.2) is 0 Å². The number of hydrogen-bond donors (Lipinski definition) is 3.